The van der Waals surface area contributed by atoms with E-state index < -0.39 is 11.6 Å². The molecule has 8 heteroatoms. The lowest BCUT2D eigenvalue weighted by molar-refractivity contribution is 0.112. The van der Waals surface area contributed by atoms with E-state index in [1.165, 1.54) is 17.7 Å². The normalized spacial score (nSPS) is 16.8. The van der Waals surface area contributed by atoms with Gasteiger partial charge in [-0.15, -0.1) is 0 Å². The molecule has 1 fully saturated rings. The molecule has 4 aromatic rings. The van der Waals surface area contributed by atoms with Crippen LogP contribution in [0.3, 0.4) is 0 Å². The first-order valence-electron chi connectivity index (χ1n) is 11.4. The van der Waals surface area contributed by atoms with Crippen molar-refractivity contribution in [3.63, 3.8) is 0 Å². The Morgan fingerprint density at radius 2 is 1.97 bits per heavy atom. The molecule has 0 saturated carbocycles. The molecule has 0 amide bonds. The average Bonchev–Trinajstić information content (AvgIpc) is 3.38. The van der Waals surface area contributed by atoms with Gasteiger partial charge in [-0.05, 0) is 62.7 Å². The van der Waals surface area contributed by atoms with E-state index in [9.17, 15) is 14.3 Å². The van der Waals surface area contributed by atoms with Crippen LogP contribution in [0.2, 0.25) is 0 Å². The number of carbonyl (C=O) groups is 1. The minimum absolute atomic E-state index is 0.0418. The number of carbonyl (C=O) groups excluding carboxylic acids is 1. The van der Waals surface area contributed by atoms with E-state index in [0.717, 1.165) is 37.9 Å². The third kappa shape index (κ3) is 2.95. The Balaban J connectivity index is 1.66. The second-order valence-corrected chi connectivity index (χ2v) is 9.17. The topological polar surface area (TPSA) is 94.1 Å². The summed E-state index contributed by atoms with van der Waals surface area (Å²) >= 11 is 0. The number of phenols is 1. The van der Waals surface area contributed by atoms with Gasteiger partial charge < -0.3 is 15.3 Å². The van der Waals surface area contributed by atoms with Crippen LogP contribution in [0.5, 0.6) is 5.75 Å². The van der Waals surface area contributed by atoms with Crippen LogP contribution in [0.4, 0.5) is 15.8 Å². The lowest BCUT2D eigenvalue weighted by Gasteiger charge is -2.35. The number of hydrogen-bond donors (Lipinski definition) is 3. The molecule has 0 atom stereocenters. The van der Waals surface area contributed by atoms with E-state index in [0.29, 0.717) is 45.8 Å². The van der Waals surface area contributed by atoms with Crippen molar-refractivity contribution in [3.05, 3.63) is 65.1 Å². The van der Waals surface area contributed by atoms with Crippen molar-refractivity contribution in [2.45, 2.75) is 25.2 Å². The number of halogens is 1. The summed E-state index contributed by atoms with van der Waals surface area (Å²) in [6, 6.07) is 12.5. The number of nitrogens with zero attached hydrogens (tertiary/aromatic N) is 3. The summed E-state index contributed by atoms with van der Waals surface area (Å²) in [4.78, 5) is 19.6. The molecule has 0 unspecified atom stereocenters. The van der Waals surface area contributed by atoms with Crippen LogP contribution < -0.4 is 10.2 Å². The quantitative estimate of drug-likeness (QED) is 0.396. The zero-order chi connectivity index (χ0) is 23.4. The number of phenolic OH excluding ortho intramolecular Hbond substituents is 1. The van der Waals surface area contributed by atoms with Gasteiger partial charge in [0.05, 0.1) is 28.0 Å². The molecule has 4 heterocycles. The highest BCUT2D eigenvalue weighted by Gasteiger charge is 2.45. The Labute approximate surface area is 195 Å². The Hall–Kier alpha value is -3.78. The average molecular weight is 458 g/mol. The van der Waals surface area contributed by atoms with Crippen molar-refractivity contribution in [2.75, 3.05) is 24.5 Å². The van der Waals surface area contributed by atoms with Crippen LogP contribution in [0.15, 0.2) is 42.5 Å². The number of aryl methyl sites for hydroxylation is 1. The largest absolute Gasteiger partial charge is 0.505 e. The van der Waals surface area contributed by atoms with E-state index in [2.05, 4.69) is 38.6 Å². The highest BCUT2D eigenvalue weighted by molar-refractivity contribution is 6.07. The lowest BCUT2D eigenvalue weighted by atomic mass is 9.75. The third-order valence-corrected chi connectivity index (χ3v) is 7.30. The Bertz CT molecular complexity index is 1440. The number of hydrogen-bond acceptors (Lipinski definition) is 6. The van der Waals surface area contributed by atoms with Crippen molar-refractivity contribution in [1.82, 2.24) is 20.5 Å². The number of nitrogens with one attached hydrogen (secondary N) is 2. The maximum atomic E-state index is 14.4. The third-order valence-electron chi connectivity index (χ3n) is 7.30. The molecule has 0 aliphatic carbocycles. The maximum absolute atomic E-state index is 14.4. The summed E-state index contributed by atoms with van der Waals surface area (Å²) < 4.78 is 14.4. The highest BCUT2D eigenvalue weighted by atomic mass is 19.1. The molecule has 1 spiro atoms. The fourth-order valence-corrected chi connectivity index (χ4v) is 5.64. The molecular weight excluding hydrogens is 433 g/mol. The van der Waals surface area contributed by atoms with Crippen molar-refractivity contribution in [3.8, 4) is 17.0 Å². The molecule has 0 bridgehead atoms. The first kappa shape index (κ1) is 20.8. The lowest BCUT2D eigenvalue weighted by Crippen LogP contribution is -2.42. The highest BCUT2D eigenvalue weighted by Crippen LogP contribution is 2.51. The molecule has 2 aromatic carbocycles. The first-order valence-corrected chi connectivity index (χ1v) is 11.4. The van der Waals surface area contributed by atoms with Gasteiger partial charge in [0, 0.05) is 23.2 Å². The Morgan fingerprint density at radius 1 is 1.18 bits per heavy atom. The van der Waals surface area contributed by atoms with Crippen molar-refractivity contribution in [2.24, 2.45) is 0 Å². The molecule has 2 aliphatic heterocycles. The summed E-state index contributed by atoms with van der Waals surface area (Å²) in [5.74, 6) is -1.17. The summed E-state index contributed by atoms with van der Waals surface area (Å²) in [7, 11) is 0. The van der Waals surface area contributed by atoms with Gasteiger partial charge in [-0.2, -0.15) is 5.10 Å². The number of aromatic amines is 1. The molecule has 6 rings (SSSR count). The number of rotatable bonds is 3. The molecule has 3 N–H and O–H groups in total. The first-order chi connectivity index (χ1) is 16.5. The van der Waals surface area contributed by atoms with Gasteiger partial charge >= 0.3 is 0 Å². The van der Waals surface area contributed by atoms with Crippen LogP contribution in [0.1, 0.15) is 34.5 Å². The van der Waals surface area contributed by atoms with E-state index in [-0.39, 0.29) is 5.41 Å². The van der Waals surface area contributed by atoms with Gasteiger partial charge in [-0.3, -0.25) is 9.89 Å². The summed E-state index contributed by atoms with van der Waals surface area (Å²) in [6.07, 6.45) is 2.82. The zero-order valence-electron chi connectivity index (χ0n) is 18.7. The number of anilines is 2. The summed E-state index contributed by atoms with van der Waals surface area (Å²) in [5, 5.41) is 21.1. The van der Waals surface area contributed by atoms with Gasteiger partial charge in [0.1, 0.15) is 0 Å². The van der Waals surface area contributed by atoms with Crippen LogP contribution >= 0.6 is 0 Å². The summed E-state index contributed by atoms with van der Waals surface area (Å²) in [6.45, 7) is 4.39. The van der Waals surface area contributed by atoms with Gasteiger partial charge in [0.2, 0.25) is 0 Å². The Morgan fingerprint density at radius 3 is 2.74 bits per heavy atom. The van der Waals surface area contributed by atoms with Crippen LogP contribution in [-0.2, 0) is 5.41 Å². The minimum atomic E-state index is -0.740. The Kier molecular flexibility index (Phi) is 4.67. The van der Waals surface area contributed by atoms with Crippen molar-refractivity contribution >= 4 is 28.7 Å². The number of aromatic hydroxyl groups is 1. The fourth-order valence-electron chi connectivity index (χ4n) is 5.64. The molecular formula is C26H24FN5O2. The smallest absolute Gasteiger partial charge is 0.165 e. The van der Waals surface area contributed by atoms with E-state index in [1.54, 1.807) is 6.07 Å². The minimum Gasteiger partial charge on any atom is -0.505 e. The molecule has 2 aromatic heterocycles. The molecule has 1 saturated heterocycles. The number of benzene rings is 2. The molecule has 0 radical (unpaired) electrons. The predicted molar refractivity (Wildman–Crippen MR) is 128 cm³/mol. The molecule has 7 nitrogen and oxygen atoms in total. The molecule has 2 aliphatic rings. The number of aldehydes is 1. The molecule has 172 valence electrons. The standard InChI is InChI=1S/C26H24FN5O2/c1-15-22-17(13-33)24(23(29-25(22)31-30-15)16-6-7-21(34)19(27)12-16)32-14-26(8-10-28-11-9-26)18-4-2-3-5-20(18)32/h2-7,12-13,28,34H,8-11,14H2,1H3,(H,29,30,31). The fraction of sp³-hybridized carbons (Fsp3) is 0.269. The number of para-hydroxylation sites is 1. The van der Waals surface area contributed by atoms with E-state index in [4.69, 9.17) is 4.98 Å². The SMILES string of the molecule is Cc1n[nH]c2nc(-c3ccc(O)c(F)c3)c(N3CC4(CCNCC4)c4ccccc43)c(C=O)c12. The molecule has 34 heavy (non-hydrogen) atoms. The second-order valence-electron chi connectivity index (χ2n) is 9.17. The maximum Gasteiger partial charge on any atom is 0.165 e. The van der Waals surface area contributed by atoms with Crippen LogP contribution in [0.25, 0.3) is 22.3 Å². The van der Waals surface area contributed by atoms with E-state index in [1.807, 2.05) is 13.0 Å². The predicted octanol–water partition coefficient (Wildman–Crippen LogP) is 4.36. The number of fused-ring (bicyclic) bond motifs is 3. The monoisotopic (exact) mass is 457 g/mol. The van der Waals surface area contributed by atoms with Crippen molar-refractivity contribution in [1.29, 1.82) is 0 Å². The zero-order valence-corrected chi connectivity index (χ0v) is 18.7. The summed E-state index contributed by atoms with van der Waals surface area (Å²) in [5.41, 5.74) is 5.47. The van der Waals surface area contributed by atoms with Crippen LogP contribution in [0, 0.1) is 12.7 Å². The van der Waals surface area contributed by atoms with Crippen LogP contribution in [-0.4, -0.2) is 46.2 Å². The van der Waals surface area contributed by atoms with Gasteiger partial charge in [0.25, 0.3) is 0 Å². The number of aromatic nitrogens is 3. The van der Waals surface area contributed by atoms with Gasteiger partial charge in [0.15, 0.2) is 23.5 Å². The number of pyridine rings is 1. The number of H-pyrrole nitrogens is 1. The number of piperidine rings is 1. The van der Waals surface area contributed by atoms with Gasteiger partial charge in [-0.25, -0.2) is 9.37 Å². The van der Waals surface area contributed by atoms with E-state index >= 15 is 0 Å². The van der Waals surface area contributed by atoms with Crippen molar-refractivity contribution < 1.29 is 14.3 Å². The van der Waals surface area contributed by atoms with Gasteiger partial charge in [-0.1, -0.05) is 18.2 Å². The second kappa shape index (κ2) is 7.63.